The van der Waals surface area contributed by atoms with Crippen molar-refractivity contribution >= 4 is 28.8 Å². The van der Waals surface area contributed by atoms with Crippen LogP contribution in [0.4, 0.5) is 0 Å². The van der Waals surface area contributed by atoms with E-state index in [9.17, 15) is 9.59 Å². The zero-order valence-electron chi connectivity index (χ0n) is 11.9. The number of carbonyl (C=O) groups excluding carboxylic acids is 2. The first-order valence-corrected chi connectivity index (χ1v) is 6.47. The summed E-state index contributed by atoms with van der Waals surface area (Å²) in [6, 6.07) is 7.67. The Morgan fingerprint density at radius 3 is 2.57 bits per heavy atom. The molecule has 110 valence electrons. The summed E-state index contributed by atoms with van der Waals surface area (Å²) in [5.41, 5.74) is 11.6. The van der Waals surface area contributed by atoms with E-state index in [2.05, 4.69) is 10.3 Å². The maximum atomic E-state index is 12.0. The second-order valence-corrected chi connectivity index (χ2v) is 5.33. The van der Waals surface area contributed by atoms with Crippen LogP contribution in [0.2, 0.25) is 0 Å². The average Bonchev–Trinajstić information content (AvgIpc) is 2.81. The molecule has 1 aromatic carbocycles. The first-order valence-electron chi connectivity index (χ1n) is 6.47. The maximum absolute atomic E-state index is 12.0. The molecule has 2 amide bonds. The highest BCUT2D eigenvalue weighted by molar-refractivity contribution is 6.02. The summed E-state index contributed by atoms with van der Waals surface area (Å²) in [6.07, 6.45) is 3.33. The van der Waals surface area contributed by atoms with Crippen LogP contribution in [0, 0.1) is 0 Å². The number of hydrogen-bond donors (Lipinski definition) is 4. The van der Waals surface area contributed by atoms with Crippen molar-refractivity contribution in [3.63, 3.8) is 0 Å². The van der Waals surface area contributed by atoms with E-state index < -0.39 is 17.4 Å². The molecule has 0 aliphatic rings. The van der Waals surface area contributed by atoms with E-state index in [1.807, 2.05) is 24.3 Å². The molecule has 0 spiro atoms. The molecule has 0 saturated heterocycles. The Balaban J connectivity index is 2.25. The maximum Gasteiger partial charge on any atom is 0.268 e. The van der Waals surface area contributed by atoms with Gasteiger partial charge in [-0.25, -0.2) is 0 Å². The van der Waals surface area contributed by atoms with E-state index in [-0.39, 0.29) is 5.70 Å². The monoisotopic (exact) mass is 286 g/mol. The number of H-pyrrole nitrogens is 1. The molecule has 0 unspecified atom stereocenters. The van der Waals surface area contributed by atoms with Crippen LogP contribution in [0.15, 0.2) is 36.2 Å². The van der Waals surface area contributed by atoms with Gasteiger partial charge in [0, 0.05) is 22.7 Å². The largest absolute Gasteiger partial charge is 0.394 e. The zero-order chi connectivity index (χ0) is 15.6. The number of fused-ring (bicyclic) bond motifs is 1. The first kappa shape index (κ1) is 14.6. The minimum atomic E-state index is -1.16. The van der Waals surface area contributed by atoms with Crippen LogP contribution < -0.4 is 16.8 Å². The highest BCUT2D eigenvalue weighted by Crippen LogP contribution is 2.19. The second kappa shape index (κ2) is 5.32. The number of benzene rings is 1. The Morgan fingerprint density at radius 2 is 1.90 bits per heavy atom. The van der Waals surface area contributed by atoms with Crippen molar-refractivity contribution in [2.75, 3.05) is 0 Å². The van der Waals surface area contributed by atoms with Gasteiger partial charge in [0.15, 0.2) is 0 Å². The van der Waals surface area contributed by atoms with Gasteiger partial charge in [-0.3, -0.25) is 9.59 Å². The van der Waals surface area contributed by atoms with Crippen molar-refractivity contribution in [3.05, 3.63) is 41.7 Å². The van der Waals surface area contributed by atoms with E-state index >= 15 is 0 Å². The number of carbonyl (C=O) groups is 2. The van der Waals surface area contributed by atoms with Crippen LogP contribution in [-0.2, 0) is 9.59 Å². The SMILES string of the molecule is CC(C)(NC(=O)/C(N)=C/c1c[nH]c2ccccc12)C(N)=O. The van der Waals surface area contributed by atoms with E-state index in [4.69, 9.17) is 11.5 Å². The Labute approximate surface area is 122 Å². The van der Waals surface area contributed by atoms with Crippen molar-refractivity contribution < 1.29 is 9.59 Å². The molecule has 1 aromatic heterocycles. The lowest BCUT2D eigenvalue weighted by molar-refractivity contribution is -0.128. The van der Waals surface area contributed by atoms with Crippen LogP contribution in [0.3, 0.4) is 0 Å². The summed E-state index contributed by atoms with van der Waals surface area (Å²) in [4.78, 5) is 26.3. The predicted octanol–water partition coefficient (Wildman–Crippen LogP) is 0.848. The number of aromatic amines is 1. The summed E-state index contributed by atoms with van der Waals surface area (Å²) in [7, 11) is 0. The van der Waals surface area contributed by atoms with Gasteiger partial charge < -0.3 is 21.8 Å². The molecule has 0 radical (unpaired) electrons. The molecule has 6 heteroatoms. The van der Waals surface area contributed by atoms with Gasteiger partial charge in [-0.2, -0.15) is 0 Å². The number of nitrogens with one attached hydrogen (secondary N) is 2. The molecular formula is C15H18N4O2. The fourth-order valence-corrected chi connectivity index (χ4v) is 1.86. The normalized spacial score (nSPS) is 12.4. The van der Waals surface area contributed by atoms with E-state index in [1.54, 1.807) is 12.3 Å². The summed E-state index contributed by atoms with van der Waals surface area (Å²) in [6.45, 7) is 3.04. The third-order valence-corrected chi connectivity index (χ3v) is 3.24. The number of rotatable bonds is 4. The highest BCUT2D eigenvalue weighted by Gasteiger charge is 2.27. The highest BCUT2D eigenvalue weighted by atomic mass is 16.2. The molecule has 6 nitrogen and oxygen atoms in total. The van der Waals surface area contributed by atoms with Crippen molar-refractivity contribution in [2.24, 2.45) is 11.5 Å². The minimum absolute atomic E-state index is 0.00841. The Kier molecular flexibility index (Phi) is 3.71. The average molecular weight is 286 g/mol. The number of hydrogen-bond acceptors (Lipinski definition) is 3. The Morgan fingerprint density at radius 1 is 1.24 bits per heavy atom. The minimum Gasteiger partial charge on any atom is -0.394 e. The lowest BCUT2D eigenvalue weighted by Crippen LogP contribution is -2.53. The smallest absolute Gasteiger partial charge is 0.268 e. The summed E-state index contributed by atoms with van der Waals surface area (Å²) in [5, 5.41) is 3.46. The quantitative estimate of drug-likeness (QED) is 0.624. The summed E-state index contributed by atoms with van der Waals surface area (Å²) in [5.74, 6) is -1.17. The van der Waals surface area contributed by atoms with Gasteiger partial charge in [-0.15, -0.1) is 0 Å². The lowest BCUT2D eigenvalue weighted by atomic mass is 10.0. The van der Waals surface area contributed by atoms with E-state index in [0.717, 1.165) is 16.5 Å². The number of amides is 2. The van der Waals surface area contributed by atoms with Crippen LogP contribution in [0.5, 0.6) is 0 Å². The standard InChI is InChI=1S/C15H18N4O2/c1-15(2,14(17)21)19-13(20)11(16)7-9-8-18-12-6-4-3-5-10(9)12/h3-8,18H,16H2,1-2H3,(H2,17,21)(H,19,20)/b11-7-. The van der Waals surface area contributed by atoms with Gasteiger partial charge in [0.2, 0.25) is 5.91 Å². The van der Waals surface area contributed by atoms with Crippen LogP contribution in [0.1, 0.15) is 19.4 Å². The number of aromatic nitrogens is 1. The topological polar surface area (TPSA) is 114 Å². The molecule has 0 aliphatic heterocycles. The molecule has 2 aromatic rings. The van der Waals surface area contributed by atoms with E-state index in [0.29, 0.717) is 0 Å². The van der Waals surface area contributed by atoms with Crippen molar-refractivity contribution in [1.29, 1.82) is 0 Å². The van der Waals surface area contributed by atoms with Gasteiger partial charge in [0.1, 0.15) is 5.54 Å². The van der Waals surface area contributed by atoms with Crippen LogP contribution in [0.25, 0.3) is 17.0 Å². The molecule has 0 bridgehead atoms. The van der Waals surface area contributed by atoms with Gasteiger partial charge in [-0.1, -0.05) is 18.2 Å². The van der Waals surface area contributed by atoms with Gasteiger partial charge >= 0.3 is 0 Å². The van der Waals surface area contributed by atoms with Crippen LogP contribution in [-0.4, -0.2) is 22.3 Å². The fourth-order valence-electron chi connectivity index (χ4n) is 1.86. The molecule has 21 heavy (non-hydrogen) atoms. The second-order valence-electron chi connectivity index (χ2n) is 5.33. The lowest BCUT2D eigenvalue weighted by Gasteiger charge is -2.22. The summed E-state index contributed by atoms with van der Waals surface area (Å²) >= 11 is 0. The van der Waals surface area contributed by atoms with Crippen molar-refractivity contribution in [2.45, 2.75) is 19.4 Å². The number of nitrogens with two attached hydrogens (primary N) is 2. The third-order valence-electron chi connectivity index (χ3n) is 3.24. The molecule has 0 saturated carbocycles. The van der Waals surface area contributed by atoms with Crippen molar-refractivity contribution in [1.82, 2.24) is 10.3 Å². The van der Waals surface area contributed by atoms with Gasteiger partial charge in [-0.05, 0) is 26.0 Å². The van der Waals surface area contributed by atoms with E-state index in [1.165, 1.54) is 13.8 Å². The Bertz CT molecular complexity index is 728. The predicted molar refractivity (Wildman–Crippen MR) is 81.9 cm³/mol. The zero-order valence-corrected chi connectivity index (χ0v) is 11.9. The Hall–Kier alpha value is -2.76. The molecule has 0 atom stereocenters. The molecule has 2 rings (SSSR count). The number of para-hydroxylation sites is 1. The molecule has 0 fully saturated rings. The summed E-state index contributed by atoms with van der Waals surface area (Å²) < 4.78 is 0. The molecule has 6 N–H and O–H groups in total. The van der Waals surface area contributed by atoms with Gasteiger partial charge in [0.25, 0.3) is 5.91 Å². The van der Waals surface area contributed by atoms with Gasteiger partial charge in [0.05, 0.1) is 5.70 Å². The third kappa shape index (κ3) is 3.05. The first-order chi connectivity index (χ1) is 9.81. The van der Waals surface area contributed by atoms with Crippen LogP contribution >= 0.6 is 0 Å². The van der Waals surface area contributed by atoms with Crippen molar-refractivity contribution in [3.8, 4) is 0 Å². The molecule has 1 heterocycles. The fraction of sp³-hybridized carbons (Fsp3) is 0.200. The molecular weight excluding hydrogens is 268 g/mol. The number of primary amides is 1. The molecule has 0 aliphatic carbocycles.